The summed E-state index contributed by atoms with van der Waals surface area (Å²) in [5, 5.41) is 0. The first-order valence-electron chi connectivity index (χ1n) is 5.46. The standard InChI is InChI=1S/C12H14N2S/c15-7-8-4-5-10-11(6-8)14-12(13-10)9-2-1-3-9/h4-6,9,15H,1-3,7H2,(H,13,14). The third-order valence-electron chi connectivity index (χ3n) is 3.24. The van der Waals surface area contributed by atoms with Gasteiger partial charge in [-0.2, -0.15) is 12.6 Å². The molecule has 0 aliphatic heterocycles. The summed E-state index contributed by atoms with van der Waals surface area (Å²) in [5.74, 6) is 2.64. The number of aromatic nitrogens is 2. The molecule has 0 unspecified atom stereocenters. The van der Waals surface area contributed by atoms with Crippen LogP contribution in [0.25, 0.3) is 11.0 Å². The van der Waals surface area contributed by atoms with Gasteiger partial charge >= 0.3 is 0 Å². The van der Waals surface area contributed by atoms with Crippen molar-refractivity contribution in [2.24, 2.45) is 0 Å². The van der Waals surface area contributed by atoms with E-state index < -0.39 is 0 Å². The van der Waals surface area contributed by atoms with Crippen molar-refractivity contribution in [2.75, 3.05) is 0 Å². The van der Waals surface area contributed by atoms with Crippen molar-refractivity contribution in [1.82, 2.24) is 9.97 Å². The van der Waals surface area contributed by atoms with E-state index in [2.05, 4.69) is 40.8 Å². The number of nitrogens with zero attached hydrogens (tertiary/aromatic N) is 1. The maximum Gasteiger partial charge on any atom is 0.110 e. The summed E-state index contributed by atoms with van der Waals surface area (Å²) in [5.41, 5.74) is 3.49. The van der Waals surface area contributed by atoms with E-state index in [9.17, 15) is 0 Å². The zero-order valence-electron chi connectivity index (χ0n) is 8.53. The molecule has 0 saturated heterocycles. The van der Waals surface area contributed by atoms with Crippen LogP contribution in [0.4, 0.5) is 0 Å². The zero-order chi connectivity index (χ0) is 10.3. The van der Waals surface area contributed by atoms with Gasteiger partial charge in [0, 0.05) is 11.7 Å². The lowest BCUT2D eigenvalue weighted by atomic mass is 9.85. The van der Waals surface area contributed by atoms with Crippen LogP contribution in [0.15, 0.2) is 18.2 Å². The van der Waals surface area contributed by atoms with Gasteiger partial charge in [-0.05, 0) is 30.5 Å². The number of thiol groups is 1. The van der Waals surface area contributed by atoms with E-state index in [-0.39, 0.29) is 0 Å². The topological polar surface area (TPSA) is 28.7 Å². The molecule has 1 aromatic carbocycles. The van der Waals surface area contributed by atoms with Crippen LogP contribution >= 0.6 is 12.6 Å². The lowest BCUT2D eigenvalue weighted by Gasteiger charge is -2.22. The molecule has 78 valence electrons. The van der Waals surface area contributed by atoms with E-state index in [0.29, 0.717) is 5.92 Å². The predicted molar refractivity (Wildman–Crippen MR) is 65.4 cm³/mol. The number of hydrogen-bond acceptors (Lipinski definition) is 2. The molecule has 1 heterocycles. The van der Waals surface area contributed by atoms with Gasteiger partial charge in [-0.1, -0.05) is 12.5 Å². The molecule has 1 saturated carbocycles. The Kier molecular flexibility index (Phi) is 2.20. The quantitative estimate of drug-likeness (QED) is 0.744. The molecule has 0 spiro atoms. The fraction of sp³-hybridized carbons (Fsp3) is 0.417. The summed E-state index contributed by atoms with van der Waals surface area (Å²) in [4.78, 5) is 8.06. The van der Waals surface area contributed by atoms with Crippen LogP contribution in [0.1, 0.15) is 36.6 Å². The van der Waals surface area contributed by atoms with Crippen LogP contribution in [-0.4, -0.2) is 9.97 Å². The lowest BCUT2D eigenvalue weighted by Crippen LogP contribution is -2.10. The maximum atomic E-state index is 4.63. The number of hydrogen-bond donors (Lipinski definition) is 2. The molecule has 3 heteroatoms. The Bertz CT molecular complexity index is 485. The first kappa shape index (κ1) is 9.28. The highest BCUT2D eigenvalue weighted by Gasteiger charge is 2.22. The van der Waals surface area contributed by atoms with E-state index in [1.54, 1.807) is 0 Å². The fourth-order valence-electron chi connectivity index (χ4n) is 2.05. The average Bonchev–Trinajstić information content (AvgIpc) is 2.56. The maximum absolute atomic E-state index is 4.63. The van der Waals surface area contributed by atoms with E-state index in [0.717, 1.165) is 16.8 Å². The fourth-order valence-corrected chi connectivity index (χ4v) is 2.25. The molecule has 0 amide bonds. The van der Waals surface area contributed by atoms with Gasteiger partial charge in [-0.15, -0.1) is 0 Å². The largest absolute Gasteiger partial charge is 0.342 e. The average molecular weight is 218 g/mol. The summed E-state index contributed by atoms with van der Waals surface area (Å²) in [6.45, 7) is 0. The smallest absolute Gasteiger partial charge is 0.110 e. The molecule has 1 aromatic heterocycles. The molecule has 0 atom stereocenters. The van der Waals surface area contributed by atoms with Crippen LogP contribution in [0.2, 0.25) is 0 Å². The lowest BCUT2D eigenvalue weighted by molar-refractivity contribution is 0.405. The monoisotopic (exact) mass is 218 g/mol. The van der Waals surface area contributed by atoms with Crippen LogP contribution < -0.4 is 0 Å². The van der Waals surface area contributed by atoms with Gasteiger partial charge in [0.1, 0.15) is 5.82 Å². The molecule has 2 aromatic rings. The number of aromatic amines is 1. The Balaban J connectivity index is 2.04. The number of nitrogens with one attached hydrogen (secondary N) is 1. The second kappa shape index (κ2) is 3.56. The minimum atomic E-state index is 0.678. The number of benzene rings is 1. The van der Waals surface area contributed by atoms with Gasteiger partial charge in [-0.3, -0.25) is 0 Å². The molecule has 0 bridgehead atoms. The number of rotatable bonds is 2. The van der Waals surface area contributed by atoms with E-state index in [1.165, 1.54) is 30.7 Å². The highest BCUT2D eigenvalue weighted by molar-refractivity contribution is 7.79. The van der Waals surface area contributed by atoms with Crippen molar-refractivity contribution < 1.29 is 0 Å². The van der Waals surface area contributed by atoms with E-state index >= 15 is 0 Å². The highest BCUT2D eigenvalue weighted by atomic mass is 32.1. The van der Waals surface area contributed by atoms with Gasteiger partial charge in [0.05, 0.1) is 11.0 Å². The third kappa shape index (κ3) is 1.55. The molecule has 2 nitrogen and oxygen atoms in total. The minimum Gasteiger partial charge on any atom is -0.342 e. The highest BCUT2D eigenvalue weighted by Crippen LogP contribution is 2.35. The Morgan fingerprint density at radius 2 is 2.27 bits per heavy atom. The van der Waals surface area contributed by atoms with Crippen molar-refractivity contribution >= 4 is 23.7 Å². The summed E-state index contributed by atoms with van der Waals surface area (Å²) in [6, 6.07) is 6.33. The number of fused-ring (bicyclic) bond motifs is 1. The van der Waals surface area contributed by atoms with Gasteiger partial charge in [0.2, 0.25) is 0 Å². The Morgan fingerprint density at radius 1 is 1.40 bits per heavy atom. The van der Waals surface area contributed by atoms with E-state index in [4.69, 9.17) is 0 Å². The molecule has 3 rings (SSSR count). The summed E-state index contributed by atoms with van der Waals surface area (Å²) < 4.78 is 0. The Labute approximate surface area is 94.5 Å². The van der Waals surface area contributed by atoms with Crippen molar-refractivity contribution in [3.63, 3.8) is 0 Å². The molecular formula is C12H14N2S. The molecule has 0 radical (unpaired) electrons. The first-order valence-corrected chi connectivity index (χ1v) is 6.09. The van der Waals surface area contributed by atoms with Crippen molar-refractivity contribution in [3.8, 4) is 0 Å². The number of imidazole rings is 1. The first-order chi connectivity index (χ1) is 7.36. The summed E-state index contributed by atoms with van der Waals surface area (Å²) in [7, 11) is 0. The van der Waals surface area contributed by atoms with Crippen molar-refractivity contribution in [1.29, 1.82) is 0 Å². The van der Waals surface area contributed by atoms with Crippen molar-refractivity contribution in [2.45, 2.75) is 30.9 Å². The van der Waals surface area contributed by atoms with Gasteiger partial charge in [0.15, 0.2) is 0 Å². The van der Waals surface area contributed by atoms with Crippen LogP contribution in [0, 0.1) is 0 Å². The molecule has 1 aliphatic carbocycles. The third-order valence-corrected chi connectivity index (χ3v) is 3.60. The molecular weight excluding hydrogens is 204 g/mol. The second-order valence-corrected chi connectivity index (χ2v) is 4.58. The Hall–Kier alpha value is -0.960. The zero-order valence-corrected chi connectivity index (χ0v) is 9.43. The molecule has 1 aliphatic rings. The SMILES string of the molecule is SCc1ccc2nc(C3CCC3)[nH]c2c1. The predicted octanol–water partition coefficient (Wildman–Crippen LogP) is 3.26. The molecule has 1 fully saturated rings. The second-order valence-electron chi connectivity index (χ2n) is 4.26. The molecule has 1 N–H and O–H groups in total. The summed E-state index contributed by atoms with van der Waals surface area (Å²) in [6.07, 6.45) is 3.93. The molecule has 15 heavy (non-hydrogen) atoms. The summed E-state index contributed by atoms with van der Waals surface area (Å²) >= 11 is 4.28. The van der Waals surface area contributed by atoms with Gasteiger partial charge < -0.3 is 4.98 Å². The van der Waals surface area contributed by atoms with Crippen LogP contribution in [0.3, 0.4) is 0 Å². The van der Waals surface area contributed by atoms with Crippen LogP contribution in [-0.2, 0) is 5.75 Å². The van der Waals surface area contributed by atoms with E-state index in [1.807, 2.05) is 0 Å². The normalized spacial score (nSPS) is 16.9. The van der Waals surface area contributed by atoms with Crippen molar-refractivity contribution in [3.05, 3.63) is 29.6 Å². The number of H-pyrrole nitrogens is 1. The van der Waals surface area contributed by atoms with Gasteiger partial charge in [-0.25, -0.2) is 4.98 Å². The minimum absolute atomic E-state index is 0.678. The van der Waals surface area contributed by atoms with Gasteiger partial charge in [0.25, 0.3) is 0 Å². The van der Waals surface area contributed by atoms with Crippen LogP contribution in [0.5, 0.6) is 0 Å². The Morgan fingerprint density at radius 3 is 2.93 bits per heavy atom.